The zero-order valence-electron chi connectivity index (χ0n) is 11.9. The molecule has 2 rings (SSSR count). The molecule has 0 spiro atoms. The molecule has 0 radical (unpaired) electrons. The van der Waals surface area contributed by atoms with Gasteiger partial charge in [0.1, 0.15) is 11.6 Å². The van der Waals surface area contributed by atoms with Crippen molar-refractivity contribution >= 4 is 17.3 Å². The van der Waals surface area contributed by atoms with Gasteiger partial charge in [-0.05, 0) is 49.7 Å². The predicted molar refractivity (Wildman–Crippen MR) is 80.9 cm³/mol. The zero-order chi connectivity index (χ0) is 15.4. The number of nitrogens with one attached hydrogen (secondary N) is 1. The predicted octanol–water partition coefficient (Wildman–Crippen LogP) is 3.04. The van der Waals surface area contributed by atoms with Crippen molar-refractivity contribution in [1.82, 2.24) is 0 Å². The van der Waals surface area contributed by atoms with E-state index in [1.165, 1.54) is 24.3 Å². The van der Waals surface area contributed by atoms with E-state index in [0.717, 1.165) is 11.1 Å². The van der Waals surface area contributed by atoms with Crippen LogP contribution in [0.4, 0.5) is 15.8 Å². The van der Waals surface area contributed by atoms with Gasteiger partial charge in [0.05, 0.1) is 0 Å². The fourth-order valence-electron chi connectivity index (χ4n) is 1.93. The molecule has 1 amide bonds. The number of anilines is 2. The van der Waals surface area contributed by atoms with Gasteiger partial charge >= 0.3 is 0 Å². The third-order valence-corrected chi connectivity index (χ3v) is 3.12. The van der Waals surface area contributed by atoms with E-state index in [2.05, 4.69) is 5.32 Å². The molecule has 0 saturated carbocycles. The summed E-state index contributed by atoms with van der Waals surface area (Å²) in [5.41, 5.74) is 8.68. The Balaban J connectivity index is 1.98. The minimum Gasteiger partial charge on any atom is -0.483 e. The monoisotopic (exact) mass is 288 g/mol. The van der Waals surface area contributed by atoms with Gasteiger partial charge in [-0.3, -0.25) is 4.79 Å². The van der Waals surface area contributed by atoms with Crippen molar-refractivity contribution in [3.05, 3.63) is 53.3 Å². The van der Waals surface area contributed by atoms with E-state index >= 15 is 0 Å². The first-order valence-corrected chi connectivity index (χ1v) is 6.51. The summed E-state index contributed by atoms with van der Waals surface area (Å²) in [6, 6.07) is 9.19. The Kier molecular flexibility index (Phi) is 4.42. The van der Waals surface area contributed by atoms with Crippen molar-refractivity contribution in [2.24, 2.45) is 0 Å². The Labute approximate surface area is 122 Å². The lowest BCUT2D eigenvalue weighted by atomic mass is 10.1. The maximum atomic E-state index is 12.8. The van der Waals surface area contributed by atoms with E-state index in [1.807, 2.05) is 19.9 Å². The Morgan fingerprint density at radius 3 is 2.52 bits per heavy atom. The summed E-state index contributed by atoms with van der Waals surface area (Å²) in [7, 11) is 0. The summed E-state index contributed by atoms with van der Waals surface area (Å²) >= 11 is 0. The third-order valence-electron chi connectivity index (χ3n) is 3.12. The largest absolute Gasteiger partial charge is 0.483 e. The molecule has 0 atom stereocenters. The zero-order valence-corrected chi connectivity index (χ0v) is 11.9. The second-order valence-corrected chi connectivity index (χ2v) is 4.77. The summed E-state index contributed by atoms with van der Waals surface area (Å²) in [6.45, 7) is 3.59. The van der Waals surface area contributed by atoms with Crippen molar-refractivity contribution in [2.45, 2.75) is 13.8 Å². The maximum absolute atomic E-state index is 12.8. The second kappa shape index (κ2) is 6.26. The Hall–Kier alpha value is -2.56. The molecule has 110 valence electrons. The number of benzene rings is 2. The summed E-state index contributed by atoms with van der Waals surface area (Å²) < 4.78 is 18.3. The molecule has 4 nitrogen and oxygen atoms in total. The van der Waals surface area contributed by atoms with Crippen LogP contribution in [0.1, 0.15) is 11.1 Å². The normalized spacial score (nSPS) is 10.2. The third kappa shape index (κ3) is 3.72. The number of nitrogen functional groups attached to an aromatic ring is 1. The van der Waals surface area contributed by atoms with Crippen LogP contribution < -0.4 is 15.8 Å². The lowest BCUT2D eigenvalue weighted by Gasteiger charge is -2.13. The van der Waals surface area contributed by atoms with Crippen molar-refractivity contribution < 1.29 is 13.9 Å². The molecule has 2 aromatic rings. The van der Waals surface area contributed by atoms with Crippen molar-refractivity contribution in [3.8, 4) is 5.75 Å². The first-order chi connectivity index (χ1) is 9.97. The van der Waals surface area contributed by atoms with Crippen LogP contribution in [0.15, 0.2) is 36.4 Å². The number of halogens is 1. The molecule has 0 saturated heterocycles. The number of hydrogen-bond acceptors (Lipinski definition) is 3. The molecule has 2 aromatic carbocycles. The molecular formula is C16H17FN2O2. The number of rotatable bonds is 4. The highest BCUT2D eigenvalue weighted by Crippen LogP contribution is 2.27. The number of amides is 1. The molecular weight excluding hydrogens is 271 g/mol. The quantitative estimate of drug-likeness (QED) is 0.850. The van der Waals surface area contributed by atoms with Crippen LogP contribution in [0.25, 0.3) is 0 Å². The molecule has 0 aliphatic rings. The second-order valence-electron chi connectivity index (χ2n) is 4.77. The summed E-state index contributed by atoms with van der Waals surface area (Å²) in [5, 5.41) is 2.63. The van der Waals surface area contributed by atoms with Crippen LogP contribution in [-0.4, -0.2) is 12.5 Å². The highest BCUT2D eigenvalue weighted by molar-refractivity contribution is 5.91. The van der Waals surface area contributed by atoms with Crippen molar-refractivity contribution in [3.63, 3.8) is 0 Å². The number of nitrogens with two attached hydrogens (primary N) is 1. The number of carbonyl (C=O) groups excluding carboxylic acids is 1. The van der Waals surface area contributed by atoms with Gasteiger partial charge < -0.3 is 15.8 Å². The Morgan fingerprint density at radius 1 is 1.19 bits per heavy atom. The van der Waals surface area contributed by atoms with E-state index in [1.54, 1.807) is 6.07 Å². The van der Waals surface area contributed by atoms with Gasteiger partial charge in [-0.2, -0.15) is 0 Å². The van der Waals surface area contributed by atoms with Crippen molar-refractivity contribution in [1.29, 1.82) is 0 Å². The van der Waals surface area contributed by atoms with Gasteiger partial charge in [-0.25, -0.2) is 4.39 Å². The first kappa shape index (κ1) is 14.8. The Bertz CT molecular complexity index is 654. The molecule has 21 heavy (non-hydrogen) atoms. The van der Waals surface area contributed by atoms with Gasteiger partial charge in [0.15, 0.2) is 6.61 Å². The van der Waals surface area contributed by atoms with Gasteiger partial charge in [-0.15, -0.1) is 0 Å². The van der Waals surface area contributed by atoms with E-state index in [4.69, 9.17) is 10.5 Å². The van der Waals surface area contributed by atoms with Crippen molar-refractivity contribution in [2.75, 3.05) is 17.7 Å². The first-order valence-electron chi connectivity index (χ1n) is 6.51. The standard InChI is InChI=1S/C16H17FN2O2/c1-10-3-8-14(18)11(2)16(10)21-9-15(20)19-13-6-4-12(17)5-7-13/h3-8H,9,18H2,1-2H3,(H,19,20). The molecule has 0 fully saturated rings. The average Bonchev–Trinajstić information content (AvgIpc) is 2.45. The summed E-state index contributed by atoms with van der Waals surface area (Å²) in [4.78, 5) is 11.8. The SMILES string of the molecule is Cc1ccc(N)c(C)c1OCC(=O)Nc1ccc(F)cc1. The molecule has 0 aromatic heterocycles. The maximum Gasteiger partial charge on any atom is 0.262 e. The topological polar surface area (TPSA) is 64.3 Å². The van der Waals surface area contributed by atoms with Gasteiger partial charge in [0.25, 0.3) is 5.91 Å². The minimum atomic E-state index is -0.352. The van der Waals surface area contributed by atoms with Crippen LogP contribution in [0.5, 0.6) is 5.75 Å². The van der Waals surface area contributed by atoms with Crippen LogP contribution >= 0.6 is 0 Å². The van der Waals surface area contributed by atoms with Crippen LogP contribution in [0.3, 0.4) is 0 Å². The van der Waals surface area contributed by atoms with Crippen LogP contribution in [-0.2, 0) is 4.79 Å². The van der Waals surface area contributed by atoms with E-state index in [9.17, 15) is 9.18 Å². The highest BCUT2D eigenvalue weighted by atomic mass is 19.1. The van der Waals surface area contributed by atoms with Crippen LogP contribution in [0.2, 0.25) is 0 Å². The molecule has 0 unspecified atom stereocenters. The van der Waals surface area contributed by atoms with Gasteiger partial charge in [0.2, 0.25) is 0 Å². The molecule has 0 bridgehead atoms. The lowest BCUT2D eigenvalue weighted by molar-refractivity contribution is -0.118. The molecule has 5 heteroatoms. The minimum absolute atomic E-state index is 0.136. The fourth-order valence-corrected chi connectivity index (χ4v) is 1.93. The van der Waals surface area contributed by atoms with E-state index in [0.29, 0.717) is 17.1 Å². The lowest BCUT2D eigenvalue weighted by Crippen LogP contribution is -2.20. The number of aryl methyl sites for hydroxylation is 1. The number of ether oxygens (including phenoxy) is 1. The number of carbonyl (C=O) groups is 1. The van der Waals surface area contributed by atoms with Gasteiger partial charge in [0, 0.05) is 16.9 Å². The van der Waals surface area contributed by atoms with E-state index < -0.39 is 0 Å². The smallest absolute Gasteiger partial charge is 0.262 e. The Morgan fingerprint density at radius 2 is 1.86 bits per heavy atom. The van der Waals surface area contributed by atoms with Crippen LogP contribution in [0, 0.1) is 19.7 Å². The average molecular weight is 288 g/mol. The highest BCUT2D eigenvalue weighted by Gasteiger charge is 2.10. The summed E-state index contributed by atoms with van der Waals surface area (Å²) in [5.74, 6) is -0.0534. The van der Waals surface area contributed by atoms with Gasteiger partial charge in [-0.1, -0.05) is 6.07 Å². The van der Waals surface area contributed by atoms with E-state index in [-0.39, 0.29) is 18.3 Å². The molecule has 0 aliphatic heterocycles. The molecule has 0 heterocycles. The number of hydrogen-bond donors (Lipinski definition) is 2. The fraction of sp³-hybridized carbons (Fsp3) is 0.188. The molecule has 3 N–H and O–H groups in total. The molecule has 0 aliphatic carbocycles. The summed E-state index contributed by atoms with van der Waals surface area (Å²) in [6.07, 6.45) is 0.